The van der Waals surface area contributed by atoms with Gasteiger partial charge in [-0.2, -0.15) is 0 Å². The van der Waals surface area contributed by atoms with Crippen LogP contribution in [-0.4, -0.2) is 25.2 Å². The second kappa shape index (κ2) is 8.91. The number of rotatable bonds is 6. The standard InChI is InChI=1S/C24H32N2O4S/c1-16-6-15-22(17(16)2)30-21-13-11-19(12-14-21)25-23(27)18-7-9-20(10-8-18)26-31(28,29)24(3,4)5/h7-14,16-17,22,26H,6,15H2,1-5H3,(H,25,27). The number of anilines is 2. The lowest BCUT2D eigenvalue weighted by atomic mass is 9.99. The Balaban J connectivity index is 1.59. The molecule has 0 bridgehead atoms. The van der Waals surface area contributed by atoms with Gasteiger partial charge in [0.25, 0.3) is 5.91 Å². The molecule has 1 saturated carbocycles. The Hall–Kier alpha value is -2.54. The van der Waals surface area contributed by atoms with Gasteiger partial charge in [-0.1, -0.05) is 13.8 Å². The Morgan fingerprint density at radius 2 is 1.52 bits per heavy atom. The van der Waals surface area contributed by atoms with Gasteiger partial charge in [0.1, 0.15) is 11.9 Å². The van der Waals surface area contributed by atoms with Crippen molar-refractivity contribution >= 4 is 27.3 Å². The average Bonchev–Trinajstić information content (AvgIpc) is 3.01. The number of carbonyl (C=O) groups is 1. The van der Waals surface area contributed by atoms with E-state index in [-0.39, 0.29) is 12.0 Å². The molecule has 0 heterocycles. The molecule has 2 aromatic rings. The van der Waals surface area contributed by atoms with E-state index < -0.39 is 14.8 Å². The third-order valence-electron chi connectivity index (χ3n) is 6.00. The molecule has 1 aliphatic rings. The van der Waals surface area contributed by atoms with E-state index in [1.165, 1.54) is 6.42 Å². The van der Waals surface area contributed by atoms with Gasteiger partial charge >= 0.3 is 0 Å². The van der Waals surface area contributed by atoms with Gasteiger partial charge < -0.3 is 10.1 Å². The molecule has 1 fully saturated rings. The fourth-order valence-corrected chi connectivity index (χ4v) is 4.23. The molecule has 0 radical (unpaired) electrons. The quantitative estimate of drug-likeness (QED) is 0.634. The van der Waals surface area contributed by atoms with Gasteiger partial charge in [0, 0.05) is 16.9 Å². The normalized spacial score (nSPS) is 21.5. The third kappa shape index (κ3) is 5.58. The summed E-state index contributed by atoms with van der Waals surface area (Å²) in [5.41, 5.74) is 1.53. The molecule has 7 heteroatoms. The first-order valence-corrected chi connectivity index (χ1v) is 12.1. The van der Waals surface area contributed by atoms with E-state index in [1.54, 1.807) is 45.0 Å². The topological polar surface area (TPSA) is 84.5 Å². The molecule has 0 saturated heterocycles. The summed E-state index contributed by atoms with van der Waals surface area (Å²) in [6.45, 7) is 9.38. The molecule has 6 nitrogen and oxygen atoms in total. The highest BCUT2D eigenvalue weighted by molar-refractivity contribution is 7.94. The predicted octanol–water partition coefficient (Wildman–Crippen LogP) is 5.29. The van der Waals surface area contributed by atoms with Crippen LogP contribution in [0.5, 0.6) is 5.75 Å². The SMILES string of the molecule is CC1CCC(Oc2ccc(NC(=O)c3ccc(NS(=O)(=O)C(C)(C)C)cc3)cc2)C1C. The van der Waals surface area contributed by atoms with Crippen LogP contribution in [0.15, 0.2) is 48.5 Å². The second-order valence-electron chi connectivity index (χ2n) is 9.34. The van der Waals surface area contributed by atoms with Crippen molar-refractivity contribution in [1.82, 2.24) is 0 Å². The molecule has 3 atom stereocenters. The largest absolute Gasteiger partial charge is 0.490 e. The average molecular weight is 445 g/mol. The van der Waals surface area contributed by atoms with Crippen molar-refractivity contribution in [2.75, 3.05) is 10.0 Å². The number of hydrogen-bond acceptors (Lipinski definition) is 4. The van der Waals surface area contributed by atoms with Crippen molar-refractivity contribution in [3.63, 3.8) is 0 Å². The van der Waals surface area contributed by atoms with Crippen molar-refractivity contribution in [3.8, 4) is 5.75 Å². The Morgan fingerprint density at radius 1 is 0.935 bits per heavy atom. The second-order valence-corrected chi connectivity index (χ2v) is 11.8. The first-order valence-electron chi connectivity index (χ1n) is 10.7. The van der Waals surface area contributed by atoms with E-state index in [4.69, 9.17) is 4.74 Å². The van der Waals surface area contributed by atoms with Crippen molar-refractivity contribution in [2.45, 2.75) is 58.3 Å². The molecule has 1 aliphatic carbocycles. The Morgan fingerprint density at radius 3 is 2.03 bits per heavy atom. The van der Waals surface area contributed by atoms with Crippen LogP contribution < -0.4 is 14.8 Å². The van der Waals surface area contributed by atoms with Crippen LogP contribution in [0.3, 0.4) is 0 Å². The molecule has 2 N–H and O–H groups in total. The third-order valence-corrected chi connectivity index (χ3v) is 8.11. The number of hydrogen-bond donors (Lipinski definition) is 2. The highest BCUT2D eigenvalue weighted by atomic mass is 32.2. The number of sulfonamides is 1. The lowest BCUT2D eigenvalue weighted by Crippen LogP contribution is -2.33. The van der Waals surface area contributed by atoms with Gasteiger partial charge in [-0.25, -0.2) is 8.42 Å². The fourth-order valence-electron chi connectivity index (χ4n) is 3.48. The van der Waals surface area contributed by atoms with Crippen molar-refractivity contribution in [2.24, 2.45) is 11.8 Å². The minimum Gasteiger partial charge on any atom is -0.490 e. The summed E-state index contributed by atoms with van der Waals surface area (Å²) in [5.74, 6) is 1.76. The molecule has 0 spiro atoms. The Labute approximate surface area is 185 Å². The van der Waals surface area contributed by atoms with Crippen LogP contribution in [0.2, 0.25) is 0 Å². The predicted molar refractivity (Wildman–Crippen MR) is 125 cm³/mol. The van der Waals surface area contributed by atoms with Crippen molar-refractivity contribution in [1.29, 1.82) is 0 Å². The number of carbonyl (C=O) groups excluding carboxylic acids is 1. The molecule has 2 aromatic carbocycles. The summed E-state index contributed by atoms with van der Waals surface area (Å²) < 4.78 is 32.2. The Kier molecular flexibility index (Phi) is 6.65. The van der Waals surface area contributed by atoms with Crippen molar-refractivity contribution < 1.29 is 17.9 Å². The molecule has 31 heavy (non-hydrogen) atoms. The summed E-state index contributed by atoms with van der Waals surface area (Å²) in [4.78, 5) is 12.5. The van der Waals surface area contributed by atoms with Crippen LogP contribution in [0.25, 0.3) is 0 Å². The first-order chi connectivity index (χ1) is 14.5. The van der Waals surface area contributed by atoms with Crippen LogP contribution in [0.1, 0.15) is 57.8 Å². The molecular formula is C24H32N2O4S. The van der Waals surface area contributed by atoms with E-state index in [0.717, 1.165) is 12.2 Å². The summed E-state index contributed by atoms with van der Waals surface area (Å²) in [5, 5.41) is 2.85. The number of ether oxygens (including phenoxy) is 1. The van der Waals surface area contributed by atoms with Gasteiger partial charge in [-0.3, -0.25) is 9.52 Å². The molecule has 0 aliphatic heterocycles. The fraction of sp³-hybridized carbons (Fsp3) is 0.458. The number of nitrogens with one attached hydrogen (secondary N) is 2. The lowest BCUT2D eigenvalue weighted by Gasteiger charge is -2.20. The minimum absolute atomic E-state index is 0.240. The Bertz CT molecular complexity index is 1010. The first kappa shape index (κ1) is 23.1. The molecule has 168 valence electrons. The lowest BCUT2D eigenvalue weighted by molar-refractivity contribution is 0.102. The molecule has 0 aromatic heterocycles. The smallest absolute Gasteiger partial charge is 0.255 e. The van der Waals surface area contributed by atoms with Crippen LogP contribution in [0.4, 0.5) is 11.4 Å². The maximum Gasteiger partial charge on any atom is 0.255 e. The van der Waals surface area contributed by atoms with Crippen molar-refractivity contribution in [3.05, 3.63) is 54.1 Å². The molecule has 1 amide bonds. The van der Waals surface area contributed by atoms with E-state index in [1.807, 2.05) is 24.3 Å². The zero-order chi connectivity index (χ0) is 22.8. The van der Waals surface area contributed by atoms with E-state index in [0.29, 0.717) is 28.8 Å². The van der Waals surface area contributed by atoms with E-state index in [9.17, 15) is 13.2 Å². The maximum absolute atomic E-state index is 12.5. The molecule has 3 rings (SSSR count). The van der Waals surface area contributed by atoms with Crippen LogP contribution in [-0.2, 0) is 10.0 Å². The van der Waals surface area contributed by atoms with Gasteiger partial charge in [0.2, 0.25) is 10.0 Å². The van der Waals surface area contributed by atoms with Gasteiger partial charge in [-0.15, -0.1) is 0 Å². The summed E-state index contributed by atoms with van der Waals surface area (Å²) in [6.07, 6.45) is 2.50. The van der Waals surface area contributed by atoms with E-state index in [2.05, 4.69) is 23.9 Å². The van der Waals surface area contributed by atoms with E-state index >= 15 is 0 Å². The minimum atomic E-state index is -3.51. The molecular weight excluding hydrogens is 412 g/mol. The summed E-state index contributed by atoms with van der Waals surface area (Å²) in [6, 6.07) is 13.7. The highest BCUT2D eigenvalue weighted by Gasteiger charge is 2.31. The maximum atomic E-state index is 12.5. The zero-order valence-corrected chi connectivity index (χ0v) is 19.6. The van der Waals surface area contributed by atoms with Crippen LogP contribution >= 0.6 is 0 Å². The summed E-state index contributed by atoms with van der Waals surface area (Å²) in [7, 11) is -3.51. The van der Waals surface area contributed by atoms with Gasteiger partial charge in [0.05, 0.1) is 4.75 Å². The monoisotopic (exact) mass is 444 g/mol. The number of benzene rings is 2. The zero-order valence-electron chi connectivity index (χ0n) is 18.8. The van der Waals surface area contributed by atoms with Gasteiger partial charge in [0.15, 0.2) is 0 Å². The highest BCUT2D eigenvalue weighted by Crippen LogP contribution is 2.34. The molecule has 3 unspecified atom stereocenters. The summed E-state index contributed by atoms with van der Waals surface area (Å²) >= 11 is 0. The number of amides is 1. The van der Waals surface area contributed by atoms with Crippen LogP contribution in [0, 0.1) is 11.8 Å². The van der Waals surface area contributed by atoms with Gasteiger partial charge in [-0.05, 0) is 94.0 Å².